The lowest BCUT2D eigenvalue weighted by atomic mass is 10.1. The number of hydrogen-bond donors (Lipinski definition) is 4. The van der Waals surface area contributed by atoms with Gasteiger partial charge in [0, 0.05) is 16.9 Å². The van der Waals surface area contributed by atoms with Gasteiger partial charge >= 0.3 is 11.9 Å². The Morgan fingerprint density at radius 3 is 1.97 bits per heavy atom. The normalized spacial score (nSPS) is 10.7. The third-order valence-corrected chi connectivity index (χ3v) is 4.31. The lowest BCUT2D eigenvalue weighted by molar-refractivity contribution is 0.0696. The SMILES string of the molecule is Cc1cc(N)ccc1N=Nc1ccc(C(=O)Nc2cc(C(=O)O)cc(C(=O)O)c2)cc1. The quantitative estimate of drug-likeness (QED) is 0.338. The molecular formula is C22H18N4O5. The summed E-state index contributed by atoms with van der Waals surface area (Å²) in [4.78, 5) is 34.9. The summed E-state index contributed by atoms with van der Waals surface area (Å²) in [7, 11) is 0. The van der Waals surface area contributed by atoms with Crippen LogP contribution in [0.25, 0.3) is 0 Å². The minimum Gasteiger partial charge on any atom is -0.478 e. The van der Waals surface area contributed by atoms with Crippen molar-refractivity contribution in [1.29, 1.82) is 0 Å². The molecule has 0 saturated heterocycles. The summed E-state index contributed by atoms with van der Waals surface area (Å²) in [6.07, 6.45) is 0. The number of carboxylic acids is 2. The number of nitrogens with two attached hydrogens (primary N) is 1. The predicted molar refractivity (Wildman–Crippen MR) is 115 cm³/mol. The van der Waals surface area contributed by atoms with Gasteiger partial charge < -0.3 is 21.3 Å². The second kappa shape index (κ2) is 8.87. The average molecular weight is 418 g/mol. The van der Waals surface area contributed by atoms with Crippen LogP contribution >= 0.6 is 0 Å². The number of azo groups is 1. The summed E-state index contributed by atoms with van der Waals surface area (Å²) in [5, 5.41) is 29.1. The van der Waals surface area contributed by atoms with Crippen molar-refractivity contribution in [3.8, 4) is 0 Å². The molecule has 0 aliphatic carbocycles. The minimum atomic E-state index is -1.30. The zero-order chi connectivity index (χ0) is 22.5. The molecule has 0 aliphatic heterocycles. The predicted octanol–water partition coefficient (Wildman–Crippen LogP) is 4.64. The molecule has 0 radical (unpaired) electrons. The van der Waals surface area contributed by atoms with Crippen LogP contribution in [0.15, 0.2) is 70.9 Å². The molecule has 0 heterocycles. The molecule has 1 amide bonds. The maximum atomic E-state index is 12.5. The van der Waals surface area contributed by atoms with Crippen LogP contribution in [0, 0.1) is 6.92 Å². The molecule has 0 aromatic heterocycles. The van der Waals surface area contributed by atoms with Crippen molar-refractivity contribution in [2.45, 2.75) is 6.92 Å². The van der Waals surface area contributed by atoms with E-state index in [2.05, 4.69) is 15.5 Å². The first-order chi connectivity index (χ1) is 14.7. The van der Waals surface area contributed by atoms with Crippen molar-refractivity contribution in [3.63, 3.8) is 0 Å². The molecule has 0 unspecified atom stereocenters. The molecule has 0 fully saturated rings. The topological polar surface area (TPSA) is 154 Å². The van der Waals surface area contributed by atoms with Crippen LogP contribution in [0.2, 0.25) is 0 Å². The van der Waals surface area contributed by atoms with E-state index in [1.807, 2.05) is 6.92 Å². The van der Waals surface area contributed by atoms with Crippen LogP contribution in [0.1, 0.15) is 36.6 Å². The van der Waals surface area contributed by atoms with Gasteiger partial charge in [0.2, 0.25) is 0 Å². The van der Waals surface area contributed by atoms with Crippen LogP contribution in [-0.4, -0.2) is 28.1 Å². The Bertz CT molecular complexity index is 1170. The molecule has 5 N–H and O–H groups in total. The zero-order valence-corrected chi connectivity index (χ0v) is 16.4. The number of rotatable bonds is 6. The molecule has 0 spiro atoms. The van der Waals surface area contributed by atoms with Crippen molar-refractivity contribution in [1.82, 2.24) is 0 Å². The third kappa shape index (κ3) is 5.30. The molecule has 3 aromatic rings. The van der Waals surface area contributed by atoms with Crippen LogP contribution in [0.5, 0.6) is 0 Å². The van der Waals surface area contributed by atoms with Crippen LogP contribution in [-0.2, 0) is 0 Å². The number of carbonyl (C=O) groups is 3. The summed E-state index contributed by atoms with van der Waals surface area (Å²) in [5.74, 6) is -3.13. The lowest BCUT2D eigenvalue weighted by Gasteiger charge is -2.08. The van der Waals surface area contributed by atoms with E-state index in [0.29, 0.717) is 17.1 Å². The number of carbonyl (C=O) groups excluding carboxylic acids is 1. The highest BCUT2D eigenvalue weighted by atomic mass is 16.4. The van der Waals surface area contributed by atoms with Gasteiger partial charge in [0.15, 0.2) is 0 Å². The fraction of sp³-hybridized carbons (Fsp3) is 0.0455. The van der Waals surface area contributed by atoms with Gasteiger partial charge in [-0.15, -0.1) is 0 Å². The Labute approximate surface area is 176 Å². The molecule has 31 heavy (non-hydrogen) atoms. The van der Waals surface area contributed by atoms with Gasteiger partial charge in [-0.05, 0) is 73.2 Å². The minimum absolute atomic E-state index is 0.0601. The van der Waals surface area contributed by atoms with Gasteiger partial charge in [-0.1, -0.05) is 0 Å². The fourth-order valence-electron chi connectivity index (χ4n) is 2.73. The number of carboxylic acid groups (broad SMARTS) is 2. The van der Waals surface area contributed by atoms with E-state index in [1.165, 1.54) is 24.3 Å². The second-order valence-corrected chi connectivity index (χ2v) is 6.66. The first-order valence-corrected chi connectivity index (χ1v) is 9.04. The number of anilines is 2. The van der Waals surface area contributed by atoms with Crippen LogP contribution in [0.4, 0.5) is 22.7 Å². The number of aryl methyl sites for hydroxylation is 1. The molecular weight excluding hydrogens is 400 g/mol. The Kier molecular flexibility index (Phi) is 6.06. The Hall–Kier alpha value is -4.53. The summed E-state index contributed by atoms with van der Waals surface area (Å²) >= 11 is 0. The Morgan fingerprint density at radius 1 is 0.806 bits per heavy atom. The lowest BCUT2D eigenvalue weighted by Crippen LogP contribution is -2.13. The standard InChI is InChI=1S/C22H18N4O5/c1-12-8-16(23)4-7-19(12)26-25-17-5-2-13(3-6-17)20(27)24-18-10-14(21(28)29)9-15(11-18)22(30)31/h2-11H,23H2,1H3,(H,24,27)(H,28,29)(H,30,31). The van der Waals surface area contributed by atoms with Crippen molar-refractivity contribution in [3.05, 3.63) is 82.9 Å². The van der Waals surface area contributed by atoms with Crippen molar-refractivity contribution < 1.29 is 24.6 Å². The molecule has 0 atom stereocenters. The van der Waals surface area contributed by atoms with E-state index in [4.69, 9.17) is 15.9 Å². The molecule has 9 nitrogen and oxygen atoms in total. The first kappa shape index (κ1) is 21.2. The van der Waals surface area contributed by atoms with Crippen LogP contribution in [0.3, 0.4) is 0 Å². The van der Waals surface area contributed by atoms with E-state index in [1.54, 1.807) is 30.3 Å². The van der Waals surface area contributed by atoms with Gasteiger partial charge in [0.05, 0.1) is 22.5 Å². The second-order valence-electron chi connectivity index (χ2n) is 6.66. The molecule has 0 bridgehead atoms. The average Bonchev–Trinajstić information content (AvgIpc) is 2.73. The van der Waals surface area contributed by atoms with Crippen molar-refractivity contribution in [2.75, 3.05) is 11.1 Å². The number of hydrogen-bond acceptors (Lipinski definition) is 6. The van der Waals surface area contributed by atoms with Crippen molar-refractivity contribution >= 4 is 40.6 Å². The van der Waals surface area contributed by atoms with E-state index in [0.717, 1.165) is 11.6 Å². The fourth-order valence-corrected chi connectivity index (χ4v) is 2.73. The Morgan fingerprint density at radius 2 is 1.42 bits per heavy atom. The number of nitrogens with zero attached hydrogens (tertiary/aromatic N) is 2. The van der Waals surface area contributed by atoms with E-state index in [-0.39, 0.29) is 22.4 Å². The largest absolute Gasteiger partial charge is 0.478 e. The zero-order valence-electron chi connectivity index (χ0n) is 16.4. The van der Waals surface area contributed by atoms with E-state index in [9.17, 15) is 14.4 Å². The summed E-state index contributed by atoms with van der Waals surface area (Å²) in [6.45, 7) is 1.87. The first-order valence-electron chi connectivity index (χ1n) is 9.04. The van der Waals surface area contributed by atoms with Gasteiger partial charge in [-0.3, -0.25) is 4.79 Å². The van der Waals surface area contributed by atoms with Gasteiger partial charge in [-0.25, -0.2) is 9.59 Å². The third-order valence-electron chi connectivity index (χ3n) is 4.31. The summed E-state index contributed by atoms with van der Waals surface area (Å²) < 4.78 is 0. The summed E-state index contributed by atoms with van der Waals surface area (Å²) in [5.41, 5.74) is 8.26. The monoisotopic (exact) mass is 418 g/mol. The van der Waals surface area contributed by atoms with E-state index >= 15 is 0 Å². The highest BCUT2D eigenvalue weighted by Gasteiger charge is 2.14. The number of aromatic carboxylic acids is 2. The number of nitrogens with one attached hydrogen (secondary N) is 1. The molecule has 9 heteroatoms. The molecule has 3 aromatic carbocycles. The molecule has 0 aliphatic rings. The Balaban J connectivity index is 1.75. The number of amides is 1. The molecule has 156 valence electrons. The van der Waals surface area contributed by atoms with Gasteiger partial charge in [0.25, 0.3) is 5.91 Å². The van der Waals surface area contributed by atoms with Crippen LogP contribution < -0.4 is 11.1 Å². The number of benzene rings is 3. The number of nitrogen functional groups attached to an aromatic ring is 1. The molecule has 3 rings (SSSR count). The smallest absolute Gasteiger partial charge is 0.335 e. The summed E-state index contributed by atoms with van der Waals surface area (Å²) in [6, 6.07) is 14.9. The van der Waals surface area contributed by atoms with Gasteiger partial charge in [0.1, 0.15) is 0 Å². The molecule has 0 saturated carbocycles. The maximum Gasteiger partial charge on any atom is 0.335 e. The maximum absolute atomic E-state index is 12.5. The van der Waals surface area contributed by atoms with Gasteiger partial charge in [-0.2, -0.15) is 10.2 Å². The van der Waals surface area contributed by atoms with Crippen molar-refractivity contribution in [2.24, 2.45) is 10.2 Å². The highest BCUT2D eigenvalue weighted by Crippen LogP contribution is 2.24. The highest BCUT2D eigenvalue weighted by molar-refractivity contribution is 6.06. The van der Waals surface area contributed by atoms with E-state index < -0.39 is 17.8 Å².